The van der Waals surface area contributed by atoms with Crippen LogP contribution in [0.25, 0.3) is 11.3 Å². The van der Waals surface area contributed by atoms with E-state index in [1.807, 2.05) is 49.1 Å². The van der Waals surface area contributed by atoms with Crippen LogP contribution in [0.15, 0.2) is 42.5 Å². The van der Waals surface area contributed by atoms with E-state index in [1.54, 1.807) is 12.1 Å². The number of nitrogens with zero attached hydrogens (tertiary/aromatic N) is 2. The van der Waals surface area contributed by atoms with Gasteiger partial charge < -0.3 is 19.5 Å². The number of phenols is 1. The maximum absolute atomic E-state index is 13.3. The first-order valence-electron chi connectivity index (χ1n) is 11.2. The lowest BCUT2D eigenvalue weighted by atomic mass is 9.95. The highest BCUT2D eigenvalue weighted by Gasteiger charge is 2.42. The van der Waals surface area contributed by atoms with Crippen LogP contribution in [0.5, 0.6) is 17.2 Å². The summed E-state index contributed by atoms with van der Waals surface area (Å²) >= 11 is 0. The maximum atomic E-state index is 13.3. The summed E-state index contributed by atoms with van der Waals surface area (Å²) in [5, 5.41) is 17.8. The van der Waals surface area contributed by atoms with Crippen molar-refractivity contribution in [3.05, 3.63) is 59.3 Å². The molecule has 0 saturated heterocycles. The number of phenolic OH excluding ortho intramolecular Hbond substituents is 1. The summed E-state index contributed by atoms with van der Waals surface area (Å²) in [6.07, 6.45) is 1.72. The fraction of sp³-hybridized carbons (Fsp3) is 0.360. The minimum absolute atomic E-state index is 0.0923. The molecule has 1 amide bonds. The zero-order valence-electron chi connectivity index (χ0n) is 18.7. The summed E-state index contributed by atoms with van der Waals surface area (Å²) in [7, 11) is 0. The predicted octanol–water partition coefficient (Wildman–Crippen LogP) is 4.93. The molecule has 1 atom stereocenters. The molecule has 32 heavy (non-hydrogen) atoms. The summed E-state index contributed by atoms with van der Waals surface area (Å²) < 4.78 is 11.7. The zero-order valence-corrected chi connectivity index (χ0v) is 18.7. The number of hydrogen-bond acceptors (Lipinski definition) is 5. The Balaban J connectivity index is 1.85. The fourth-order valence-electron chi connectivity index (χ4n) is 4.19. The Hall–Kier alpha value is -3.48. The molecule has 2 N–H and O–H groups in total. The lowest BCUT2D eigenvalue weighted by molar-refractivity contribution is 0.0743. The van der Waals surface area contributed by atoms with Gasteiger partial charge in [0, 0.05) is 17.7 Å². The van der Waals surface area contributed by atoms with Crippen LogP contribution in [-0.2, 0) is 0 Å². The van der Waals surface area contributed by atoms with Crippen molar-refractivity contribution in [1.82, 2.24) is 15.1 Å². The molecule has 0 fully saturated rings. The minimum Gasteiger partial charge on any atom is -0.507 e. The lowest BCUT2D eigenvalue weighted by Gasteiger charge is -2.26. The van der Waals surface area contributed by atoms with Gasteiger partial charge in [0.2, 0.25) is 0 Å². The second-order valence-electron chi connectivity index (χ2n) is 7.77. The second kappa shape index (κ2) is 9.34. The molecule has 0 bridgehead atoms. The number of ether oxygens (including phenoxy) is 2. The standard InChI is InChI=1S/C25H29N3O4/c1-4-13-28-24(16-11-12-19(32-14-5-2)20(15-16)31-6-3)21-22(26-27-23(21)25(28)30)17-9-7-8-10-18(17)29/h7-12,15,24,29H,4-6,13-14H2,1-3H3,(H,26,27)/t24-/m0/s1. The summed E-state index contributed by atoms with van der Waals surface area (Å²) in [4.78, 5) is 15.1. The number of H-pyrrole nitrogens is 1. The van der Waals surface area contributed by atoms with E-state index in [0.29, 0.717) is 48.2 Å². The van der Waals surface area contributed by atoms with Crippen molar-refractivity contribution in [2.75, 3.05) is 19.8 Å². The van der Waals surface area contributed by atoms with Crippen LogP contribution in [0, 0.1) is 0 Å². The molecule has 1 aliphatic rings. The van der Waals surface area contributed by atoms with Crippen LogP contribution in [0.1, 0.15) is 61.3 Å². The van der Waals surface area contributed by atoms with Crippen molar-refractivity contribution in [3.63, 3.8) is 0 Å². The molecule has 168 valence electrons. The fourth-order valence-corrected chi connectivity index (χ4v) is 4.19. The van der Waals surface area contributed by atoms with E-state index >= 15 is 0 Å². The third-order valence-electron chi connectivity index (χ3n) is 5.53. The molecule has 3 aromatic rings. The van der Waals surface area contributed by atoms with Crippen molar-refractivity contribution >= 4 is 5.91 Å². The Morgan fingerprint density at radius 2 is 1.88 bits per heavy atom. The molecule has 0 radical (unpaired) electrons. The van der Waals surface area contributed by atoms with E-state index in [1.165, 1.54) is 0 Å². The molecule has 0 unspecified atom stereocenters. The molecule has 7 heteroatoms. The van der Waals surface area contributed by atoms with Crippen LogP contribution in [0.2, 0.25) is 0 Å². The number of amides is 1. The van der Waals surface area contributed by atoms with Crippen molar-refractivity contribution in [1.29, 1.82) is 0 Å². The number of aromatic amines is 1. The second-order valence-corrected chi connectivity index (χ2v) is 7.77. The number of rotatable bonds is 9. The van der Waals surface area contributed by atoms with Crippen molar-refractivity contribution in [2.45, 2.75) is 39.7 Å². The smallest absolute Gasteiger partial charge is 0.273 e. The summed E-state index contributed by atoms with van der Waals surface area (Å²) in [5.41, 5.74) is 3.32. The zero-order chi connectivity index (χ0) is 22.7. The van der Waals surface area contributed by atoms with Crippen molar-refractivity contribution < 1.29 is 19.4 Å². The Morgan fingerprint density at radius 1 is 1.06 bits per heavy atom. The molecule has 7 nitrogen and oxygen atoms in total. The number of hydrogen-bond donors (Lipinski definition) is 2. The van der Waals surface area contributed by atoms with Crippen LogP contribution in [0.3, 0.4) is 0 Å². The summed E-state index contributed by atoms with van der Waals surface area (Å²) in [5.74, 6) is 1.38. The highest BCUT2D eigenvalue weighted by Crippen LogP contribution is 2.45. The minimum atomic E-state index is -0.342. The molecular formula is C25H29N3O4. The number of aromatic hydroxyl groups is 1. The van der Waals surface area contributed by atoms with E-state index in [4.69, 9.17) is 9.47 Å². The lowest BCUT2D eigenvalue weighted by Crippen LogP contribution is -2.30. The molecule has 1 aliphatic heterocycles. The van der Waals surface area contributed by atoms with Gasteiger partial charge in [0.1, 0.15) is 17.1 Å². The normalized spacial score (nSPS) is 15.2. The molecule has 0 saturated carbocycles. The average molecular weight is 436 g/mol. The highest BCUT2D eigenvalue weighted by atomic mass is 16.5. The topological polar surface area (TPSA) is 87.7 Å². The monoisotopic (exact) mass is 435 g/mol. The van der Waals surface area contributed by atoms with Crippen LogP contribution >= 0.6 is 0 Å². The van der Waals surface area contributed by atoms with Gasteiger partial charge in [-0.05, 0) is 49.6 Å². The molecule has 4 rings (SSSR count). The van der Waals surface area contributed by atoms with Gasteiger partial charge in [-0.15, -0.1) is 0 Å². The van der Waals surface area contributed by atoms with Crippen LogP contribution < -0.4 is 9.47 Å². The first-order valence-corrected chi connectivity index (χ1v) is 11.2. The van der Waals surface area contributed by atoms with Gasteiger partial charge in [0.25, 0.3) is 5.91 Å². The molecular weight excluding hydrogens is 406 g/mol. The first-order chi connectivity index (χ1) is 15.6. The number of carbonyl (C=O) groups excluding carboxylic acids is 1. The largest absolute Gasteiger partial charge is 0.507 e. The number of benzene rings is 2. The van der Waals surface area contributed by atoms with Gasteiger partial charge in [-0.25, -0.2) is 0 Å². The molecule has 0 aliphatic carbocycles. The average Bonchev–Trinajstić information content (AvgIpc) is 3.33. The maximum Gasteiger partial charge on any atom is 0.273 e. The third kappa shape index (κ3) is 3.79. The predicted molar refractivity (Wildman–Crippen MR) is 122 cm³/mol. The van der Waals surface area contributed by atoms with E-state index in [2.05, 4.69) is 17.1 Å². The van der Waals surface area contributed by atoms with Gasteiger partial charge in [0.15, 0.2) is 11.5 Å². The van der Waals surface area contributed by atoms with Gasteiger partial charge in [-0.3, -0.25) is 9.89 Å². The van der Waals surface area contributed by atoms with Crippen molar-refractivity contribution in [3.8, 4) is 28.5 Å². The number of nitrogens with one attached hydrogen (secondary N) is 1. The molecule has 2 heterocycles. The SMILES string of the molecule is CCCOc1ccc([C@H]2c3c(-c4ccccc4O)n[nH]c3C(=O)N2CCC)cc1OCC. The molecule has 2 aromatic carbocycles. The van der Waals surface area contributed by atoms with Gasteiger partial charge in [-0.2, -0.15) is 5.10 Å². The van der Waals surface area contributed by atoms with E-state index < -0.39 is 0 Å². The summed E-state index contributed by atoms with van der Waals surface area (Å²) in [6.45, 7) is 7.75. The Morgan fingerprint density at radius 3 is 2.59 bits per heavy atom. The van der Waals surface area contributed by atoms with E-state index in [0.717, 1.165) is 24.0 Å². The molecule has 0 spiro atoms. The highest BCUT2D eigenvalue weighted by molar-refractivity contribution is 6.00. The van der Waals surface area contributed by atoms with Crippen LogP contribution in [0.4, 0.5) is 0 Å². The summed E-state index contributed by atoms with van der Waals surface area (Å²) in [6, 6.07) is 12.5. The quantitative estimate of drug-likeness (QED) is 0.498. The van der Waals surface area contributed by atoms with Crippen molar-refractivity contribution in [2.24, 2.45) is 0 Å². The number of aromatic nitrogens is 2. The Kier molecular flexibility index (Phi) is 6.35. The Bertz CT molecular complexity index is 1110. The third-order valence-corrected chi connectivity index (χ3v) is 5.53. The van der Waals surface area contributed by atoms with E-state index in [-0.39, 0.29) is 17.7 Å². The number of para-hydroxylation sites is 1. The van der Waals surface area contributed by atoms with Crippen LogP contribution in [-0.4, -0.2) is 45.9 Å². The Labute approximate surface area is 188 Å². The number of fused-ring (bicyclic) bond motifs is 1. The van der Waals surface area contributed by atoms with Gasteiger partial charge in [-0.1, -0.05) is 32.0 Å². The number of carbonyl (C=O) groups is 1. The van der Waals surface area contributed by atoms with E-state index in [9.17, 15) is 9.90 Å². The van der Waals surface area contributed by atoms with Gasteiger partial charge >= 0.3 is 0 Å². The first kappa shape index (κ1) is 21.7. The van der Waals surface area contributed by atoms with Gasteiger partial charge in [0.05, 0.1) is 19.3 Å². The molecule has 1 aromatic heterocycles.